The van der Waals surface area contributed by atoms with E-state index in [1.165, 1.54) is 0 Å². The third-order valence-corrected chi connectivity index (χ3v) is 11.7. The van der Waals surface area contributed by atoms with E-state index in [4.69, 9.17) is 10.7 Å². The quantitative estimate of drug-likeness (QED) is 0.320. The zero-order valence-electron chi connectivity index (χ0n) is 19.9. The molecule has 6 heterocycles. The molecule has 1 saturated heterocycles. The Kier molecular flexibility index (Phi) is 4.31. The maximum absolute atomic E-state index is 13.8. The molecule has 37 heavy (non-hydrogen) atoms. The highest BCUT2D eigenvalue weighted by atomic mass is 32.2. The van der Waals surface area contributed by atoms with Crippen LogP contribution in [0.15, 0.2) is 31.7 Å². The van der Waals surface area contributed by atoms with E-state index in [1.807, 2.05) is 19.3 Å². The van der Waals surface area contributed by atoms with Crippen molar-refractivity contribution in [2.75, 3.05) is 25.2 Å². The molecular weight excluding hydrogens is 512 g/mol. The number of nitrogens with two attached hydrogens (primary N) is 1. The summed E-state index contributed by atoms with van der Waals surface area (Å²) in [5.74, 6) is -1.06. The van der Waals surface area contributed by atoms with Crippen molar-refractivity contribution < 1.29 is 24.7 Å². The zero-order chi connectivity index (χ0) is 25.4. The van der Waals surface area contributed by atoms with Crippen molar-refractivity contribution in [1.82, 2.24) is 5.32 Å². The van der Waals surface area contributed by atoms with E-state index in [0.29, 0.717) is 24.3 Å². The van der Waals surface area contributed by atoms with Gasteiger partial charge in [-0.2, -0.15) is 0 Å². The molecule has 6 atom stereocenters. The van der Waals surface area contributed by atoms with Crippen LogP contribution in [-0.4, -0.2) is 66.0 Å². The largest absolute Gasteiger partial charge is 0.548 e. The first-order chi connectivity index (χ1) is 17.8. The highest BCUT2D eigenvalue weighted by Crippen LogP contribution is 2.65. The van der Waals surface area contributed by atoms with Crippen LogP contribution in [0.25, 0.3) is 5.57 Å². The van der Waals surface area contributed by atoms with E-state index in [1.54, 1.807) is 23.5 Å². The SMILES string of the molecule is C[NH+]1CNC(S[C@H]2[C@H]3C(=O)C=C4S[C@H]5C[C@]42c2c4c6c(c(O)c2=N5)N=CC=6CCN43)=C1C[C@H](N)C(=O)[O-]. The van der Waals surface area contributed by atoms with Crippen LogP contribution in [0.2, 0.25) is 0 Å². The van der Waals surface area contributed by atoms with Gasteiger partial charge in [0, 0.05) is 40.3 Å². The number of carboxylic acids is 1. The fraction of sp³-hybridized carbons (Fsp3) is 0.440. The number of hydrogen-bond acceptors (Lipinski definition) is 11. The number of fused-ring (bicyclic) bond motifs is 3. The molecule has 1 aromatic carbocycles. The summed E-state index contributed by atoms with van der Waals surface area (Å²) in [4.78, 5) is 39.1. The molecule has 0 radical (unpaired) electrons. The minimum absolute atomic E-state index is 0.0849. The van der Waals surface area contributed by atoms with Crippen LogP contribution in [0, 0.1) is 0 Å². The van der Waals surface area contributed by atoms with Crippen LogP contribution in [0.5, 0.6) is 5.75 Å². The van der Waals surface area contributed by atoms with Crippen molar-refractivity contribution in [2.24, 2.45) is 15.7 Å². The van der Waals surface area contributed by atoms with Gasteiger partial charge in [-0.1, -0.05) is 11.8 Å². The average molecular weight is 537 g/mol. The maximum Gasteiger partial charge on any atom is 0.180 e. The van der Waals surface area contributed by atoms with Crippen molar-refractivity contribution >= 4 is 58.4 Å². The molecule has 1 aromatic rings. The Balaban J connectivity index is 1.37. The predicted octanol–water partition coefficient (Wildman–Crippen LogP) is -2.53. The van der Waals surface area contributed by atoms with Crippen LogP contribution in [0.4, 0.5) is 11.4 Å². The monoisotopic (exact) mass is 536 g/mol. The van der Waals surface area contributed by atoms with Gasteiger partial charge in [0.15, 0.2) is 18.2 Å². The van der Waals surface area contributed by atoms with Gasteiger partial charge < -0.3 is 31.0 Å². The highest BCUT2D eigenvalue weighted by molar-refractivity contribution is 8.05. The van der Waals surface area contributed by atoms with Crippen molar-refractivity contribution in [1.29, 1.82) is 0 Å². The molecular formula is C25H24N6O4S2. The fourth-order valence-electron chi connectivity index (χ4n) is 7.21. The number of phenols is 1. The van der Waals surface area contributed by atoms with Crippen LogP contribution < -0.4 is 36.5 Å². The Hall–Kier alpha value is -2.80. The zero-order valence-corrected chi connectivity index (χ0v) is 21.5. The number of phenolic OH excluding ortho intramolecular Hbond substituents is 1. The summed E-state index contributed by atoms with van der Waals surface area (Å²) in [6, 6.07) is -1.48. The Labute approximate surface area is 220 Å². The lowest BCUT2D eigenvalue weighted by molar-refractivity contribution is -0.836. The number of quaternary nitrogens is 1. The minimum Gasteiger partial charge on any atom is -0.548 e. The summed E-state index contributed by atoms with van der Waals surface area (Å²) in [7, 11) is 1.98. The molecule has 10 nitrogen and oxygen atoms in total. The fourth-order valence-corrected chi connectivity index (χ4v) is 10.5. The Morgan fingerprint density at radius 3 is 3.16 bits per heavy atom. The number of carbonyl (C=O) groups is 2. The topological polar surface area (TPSA) is 148 Å². The highest BCUT2D eigenvalue weighted by Gasteiger charge is 2.65. The van der Waals surface area contributed by atoms with Gasteiger partial charge in [-0.15, -0.1) is 11.8 Å². The van der Waals surface area contributed by atoms with Crippen LogP contribution >= 0.6 is 23.5 Å². The third-order valence-electron chi connectivity index (χ3n) is 8.84. The summed E-state index contributed by atoms with van der Waals surface area (Å²) >= 11 is 3.25. The summed E-state index contributed by atoms with van der Waals surface area (Å²) in [6.45, 7) is 1.30. The molecule has 190 valence electrons. The average Bonchev–Trinajstić information content (AvgIpc) is 3.52. The van der Waals surface area contributed by atoms with Crippen LogP contribution in [-0.2, 0) is 15.0 Å². The second-order valence-electron chi connectivity index (χ2n) is 10.7. The van der Waals surface area contributed by atoms with E-state index in [9.17, 15) is 19.8 Å². The van der Waals surface area contributed by atoms with Gasteiger partial charge in [-0.05, 0) is 24.5 Å². The molecule has 1 unspecified atom stereocenters. The number of aromatic hydroxyl groups is 1. The Morgan fingerprint density at radius 1 is 1.51 bits per heavy atom. The number of aliphatic carboxylic acids is 1. The number of carbonyl (C=O) groups excluding carboxylic acids is 2. The van der Waals surface area contributed by atoms with Gasteiger partial charge in [-0.3, -0.25) is 19.7 Å². The number of carboxylic acid groups (broad SMARTS) is 1. The van der Waals surface area contributed by atoms with Gasteiger partial charge in [0.25, 0.3) is 0 Å². The van der Waals surface area contributed by atoms with Gasteiger partial charge in [-0.25, -0.2) is 0 Å². The molecule has 1 fully saturated rings. The molecule has 7 aliphatic rings. The number of aliphatic imine (C=N–C) groups is 1. The van der Waals surface area contributed by atoms with Crippen molar-refractivity contribution in [3.63, 3.8) is 0 Å². The number of allylic oxidation sites excluding steroid dienone is 1. The van der Waals surface area contributed by atoms with Crippen molar-refractivity contribution in [2.45, 2.75) is 47.4 Å². The second kappa shape index (κ2) is 7.19. The van der Waals surface area contributed by atoms with Crippen molar-refractivity contribution in [3.8, 4) is 5.75 Å². The number of benzene rings is 1. The number of thioether (sulfide) groups is 2. The van der Waals surface area contributed by atoms with Gasteiger partial charge in [0.05, 0.1) is 30.0 Å². The lowest BCUT2D eigenvalue weighted by Gasteiger charge is -2.55. The lowest BCUT2D eigenvalue weighted by atomic mass is 9.63. The maximum atomic E-state index is 13.8. The molecule has 1 aliphatic carbocycles. The molecule has 0 saturated carbocycles. The van der Waals surface area contributed by atoms with E-state index >= 15 is 0 Å². The first kappa shape index (κ1) is 22.2. The van der Waals surface area contributed by atoms with Crippen LogP contribution in [0.3, 0.4) is 0 Å². The number of rotatable bonds is 5. The number of anilines is 1. The minimum atomic E-state index is -1.28. The van der Waals surface area contributed by atoms with E-state index in [2.05, 4.69) is 15.2 Å². The summed E-state index contributed by atoms with van der Waals surface area (Å²) in [5.41, 5.74) is 10.0. The van der Waals surface area contributed by atoms with Gasteiger partial charge >= 0.3 is 0 Å². The Bertz CT molecular complexity index is 1580. The summed E-state index contributed by atoms with van der Waals surface area (Å²) in [6.07, 6.45) is 5.35. The van der Waals surface area contributed by atoms with E-state index in [0.717, 1.165) is 55.4 Å². The molecule has 8 rings (SSSR count). The predicted molar refractivity (Wildman–Crippen MR) is 138 cm³/mol. The third kappa shape index (κ3) is 2.61. The molecule has 3 bridgehead atoms. The number of nitrogens with one attached hydrogen (secondary N) is 2. The lowest BCUT2D eigenvalue weighted by Crippen LogP contribution is -3.06. The molecule has 5 N–H and O–H groups in total. The Morgan fingerprint density at radius 2 is 2.35 bits per heavy atom. The number of nitrogens with zero attached hydrogens (tertiary/aromatic N) is 3. The van der Waals surface area contributed by atoms with E-state index in [-0.39, 0.29) is 34.6 Å². The standard InChI is InChI=1S/C25H24N6O4S2/c1-30-8-28-23(11(30)4-10(26)24(34)35)37-22-19-12(32)5-13-25(22)6-14(36-13)29-18-16(25)20-15-9(2-3-31(19)20)7-27-17(15)21(18)33/h5,7,10,14,19,22,28,33H,2-4,6,8,26H2,1H3,(H,34,35)/t10-,14-,19+,22-,25+/m0/s1. The summed E-state index contributed by atoms with van der Waals surface area (Å²) < 4.78 is 0. The smallest absolute Gasteiger partial charge is 0.180 e. The first-order valence-electron chi connectivity index (χ1n) is 12.5. The number of hydrogen-bond donors (Lipinski definition) is 4. The number of ketones is 1. The second-order valence-corrected chi connectivity index (χ2v) is 13.1. The van der Waals surface area contributed by atoms with Crippen molar-refractivity contribution in [3.05, 3.63) is 37.8 Å². The summed E-state index contributed by atoms with van der Waals surface area (Å²) in [5, 5.41) is 28.5. The normalized spacial score (nSPS) is 34.0. The molecule has 12 heteroatoms. The molecule has 0 amide bonds. The van der Waals surface area contributed by atoms with E-state index < -0.39 is 17.4 Å². The van der Waals surface area contributed by atoms with Crippen LogP contribution in [0.1, 0.15) is 24.8 Å². The van der Waals surface area contributed by atoms with Gasteiger partial charge in [0.2, 0.25) is 0 Å². The molecule has 0 aromatic heterocycles. The molecule has 6 aliphatic heterocycles. The first-order valence-corrected chi connectivity index (χ1v) is 14.2. The van der Waals surface area contributed by atoms with Gasteiger partial charge in [0.1, 0.15) is 33.2 Å². The molecule has 1 spiro atoms.